The van der Waals surface area contributed by atoms with Crippen LogP contribution in [-0.4, -0.2) is 32.1 Å². The molecular weight excluding hydrogens is 372 g/mol. The normalized spacial score (nSPS) is 10.9. The highest BCUT2D eigenvalue weighted by molar-refractivity contribution is 7.99. The van der Waals surface area contributed by atoms with Crippen molar-refractivity contribution in [3.63, 3.8) is 0 Å². The molecule has 4 aromatic rings. The Morgan fingerprint density at radius 2 is 2.00 bits per heavy atom. The monoisotopic (exact) mass is 392 g/mol. The van der Waals surface area contributed by atoms with Crippen molar-refractivity contribution in [3.05, 3.63) is 78.5 Å². The van der Waals surface area contributed by atoms with Crippen molar-refractivity contribution in [2.24, 2.45) is 0 Å². The number of para-hydroxylation sites is 1. The first-order chi connectivity index (χ1) is 13.8. The third kappa shape index (κ3) is 4.26. The van der Waals surface area contributed by atoms with Crippen molar-refractivity contribution in [1.82, 2.24) is 19.7 Å². The Balaban J connectivity index is 1.48. The third-order valence-corrected chi connectivity index (χ3v) is 5.13. The number of rotatable bonds is 8. The number of thioether (sulfide) groups is 1. The fraction of sp³-hybridized carbons (Fsp3) is 0.190. The number of ether oxygens (including phenoxy) is 1. The molecular formula is C21H20N4O2S. The second-order valence-electron chi connectivity index (χ2n) is 6.18. The van der Waals surface area contributed by atoms with Crippen molar-refractivity contribution < 1.29 is 9.15 Å². The second-order valence-corrected chi connectivity index (χ2v) is 7.24. The molecule has 0 bridgehead atoms. The number of hydrogen-bond acceptors (Lipinski definition) is 6. The Labute approximate surface area is 167 Å². The second kappa shape index (κ2) is 8.75. The standard InChI is InChI=1S/C21H20N4O2S/c1-16-6-2-3-9-19(16)27-12-13-28-21-24-23-20(17-7-4-10-22-14-17)25(21)15-18-8-5-11-26-18/h2-11,14H,12-13,15H2,1H3. The molecule has 0 aliphatic rings. The predicted molar refractivity (Wildman–Crippen MR) is 108 cm³/mol. The summed E-state index contributed by atoms with van der Waals surface area (Å²) in [6.45, 7) is 3.19. The van der Waals surface area contributed by atoms with E-state index in [1.54, 1.807) is 30.4 Å². The molecule has 0 aliphatic heterocycles. The molecule has 0 spiro atoms. The van der Waals surface area contributed by atoms with Gasteiger partial charge in [-0.05, 0) is 42.8 Å². The summed E-state index contributed by atoms with van der Waals surface area (Å²) < 4.78 is 13.5. The first kappa shape index (κ1) is 18.3. The molecule has 4 rings (SSSR count). The van der Waals surface area contributed by atoms with E-state index < -0.39 is 0 Å². The van der Waals surface area contributed by atoms with Crippen molar-refractivity contribution in [2.75, 3.05) is 12.4 Å². The maximum absolute atomic E-state index is 5.89. The zero-order valence-corrected chi connectivity index (χ0v) is 16.3. The van der Waals surface area contributed by atoms with E-state index in [1.807, 2.05) is 60.0 Å². The van der Waals surface area contributed by atoms with E-state index in [4.69, 9.17) is 9.15 Å². The van der Waals surface area contributed by atoms with Crippen LogP contribution < -0.4 is 4.74 Å². The average molecular weight is 392 g/mol. The number of aromatic nitrogens is 4. The lowest BCUT2D eigenvalue weighted by Gasteiger charge is -2.10. The molecule has 7 heteroatoms. The van der Waals surface area contributed by atoms with E-state index in [0.29, 0.717) is 13.2 Å². The molecule has 0 saturated heterocycles. The van der Waals surface area contributed by atoms with E-state index in [9.17, 15) is 0 Å². The first-order valence-electron chi connectivity index (χ1n) is 8.98. The minimum Gasteiger partial charge on any atom is -0.492 e. The number of hydrogen-bond donors (Lipinski definition) is 0. The van der Waals surface area contributed by atoms with Crippen LogP contribution in [0.15, 0.2) is 76.8 Å². The molecule has 142 valence electrons. The summed E-state index contributed by atoms with van der Waals surface area (Å²) in [6.07, 6.45) is 5.21. The van der Waals surface area contributed by atoms with E-state index >= 15 is 0 Å². The summed E-state index contributed by atoms with van der Waals surface area (Å²) in [5.74, 6) is 3.29. The maximum Gasteiger partial charge on any atom is 0.192 e. The van der Waals surface area contributed by atoms with Gasteiger partial charge < -0.3 is 9.15 Å². The van der Waals surface area contributed by atoms with Gasteiger partial charge in [-0.2, -0.15) is 0 Å². The van der Waals surface area contributed by atoms with Gasteiger partial charge >= 0.3 is 0 Å². The molecule has 0 saturated carbocycles. The van der Waals surface area contributed by atoms with Gasteiger partial charge in [0.1, 0.15) is 11.5 Å². The quantitative estimate of drug-likeness (QED) is 0.326. The minimum atomic E-state index is 0.561. The summed E-state index contributed by atoms with van der Waals surface area (Å²) in [5.41, 5.74) is 2.05. The van der Waals surface area contributed by atoms with Gasteiger partial charge in [-0.15, -0.1) is 10.2 Å². The van der Waals surface area contributed by atoms with Crippen LogP contribution in [0.3, 0.4) is 0 Å². The third-order valence-electron chi connectivity index (χ3n) is 4.20. The zero-order chi connectivity index (χ0) is 19.2. The Kier molecular flexibility index (Phi) is 5.72. The number of aryl methyl sites for hydroxylation is 1. The van der Waals surface area contributed by atoms with Gasteiger partial charge in [0.2, 0.25) is 0 Å². The fourth-order valence-electron chi connectivity index (χ4n) is 2.81. The molecule has 3 heterocycles. The van der Waals surface area contributed by atoms with Gasteiger partial charge in [-0.25, -0.2) is 0 Å². The number of nitrogens with zero attached hydrogens (tertiary/aromatic N) is 4. The minimum absolute atomic E-state index is 0.561. The first-order valence-corrected chi connectivity index (χ1v) is 9.97. The fourth-order valence-corrected chi connectivity index (χ4v) is 3.56. The highest BCUT2D eigenvalue weighted by atomic mass is 32.2. The molecule has 28 heavy (non-hydrogen) atoms. The molecule has 0 atom stereocenters. The van der Waals surface area contributed by atoms with Gasteiger partial charge in [0.25, 0.3) is 0 Å². The van der Waals surface area contributed by atoms with Crippen LogP contribution in [0.1, 0.15) is 11.3 Å². The van der Waals surface area contributed by atoms with Crippen LogP contribution in [0.5, 0.6) is 5.75 Å². The Hall–Kier alpha value is -3.06. The van der Waals surface area contributed by atoms with Gasteiger partial charge in [-0.3, -0.25) is 9.55 Å². The summed E-state index contributed by atoms with van der Waals surface area (Å²) in [4.78, 5) is 4.19. The van der Waals surface area contributed by atoms with E-state index in [1.165, 1.54) is 0 Å². The number of pyridine rings is 1. The zero-order valence-electron chi connectivity index (χ0n) is 15.5. The van der Waals surface area contributed by atoms with Crippen LogP contribution in [0.4, 0.5) is 0 Å². The van der Waals surface area contributed by atoms with Crippen molar-refractivity contribution in [1.29, 1.82) is 0 Å². The van der Waals surface area contributed by atoms with Crippen molar-refractivity contribution >= 4 is 11.8 Å². The Bertz CT molecular complexity index is 1020. The van der Waals surface area contributed by atoms with Gasteiger partial charge in [-0.1, -0.05) is 30.0 Å². The molecule has 0 radical (unpaired) electrons. The highest BCUT2D eigenvalue weighted by Gasteiger charge is 2.16. The van der Waals surface area contributed by atoms with E-state index in [2.05, 4.69) is 15.2 Å². The van der Waals surface area contributed by atoms with Gasteiger partial charge in [0.05, 0.1) is 19.4 Å². The average Bonchev–Trinajstić information content (AvgIpc) is 3.38. The van der Waals surface area contributed by atoms with Gasteiger partial charge in [0.15, 0.2) is 11.0 Å². The van der Waals surface area contributed by atoms with Crippen LogP contribution in [0.25, 0.3) is 11.4 Å². The lowest BCUT2D eigenvalue weighted by Crippen LogP contribution is -2.06. The Morgan fingerprint density at radius 3 is 2.79 bits per heavy atom. The van der Waals surface area contributed by atoms with E-state index in [0.717, 1.165) is 39.4 Å². The maximum atomic E-state index is 5.89. The smallest absolute Gasteiger partial charge is 0.192 e. The lowest BCUT2D eigenvalue weighted by molar-refractivity contribution is 0.341. The molecule has 3 aromatic heterocycles. The molecule has 1 aromatic carbocycles. The summed E-state index contributed by atoms with van der Waals surface area (Å²) in [5, 5.41) is 9.60. The summed E-state index contributed by atoms with van der Waals surface area (Å²) in [7, 11) is 0. The van der Waals surface area contributed by atoms with Crippen LogP contribution in [0.2, 0.25) is 0 Å². The molecule has 0 amide bonds. The number of furan rings is 1. The van der Waals surface area contributed by atoms with Crippen LogP contribution >= 0.6 is 11.8 Å². The molecule has 0 unspecified atom stereocenters. The molecule has 0 fully saturated rings. The lowest BCUT2D eigenvalue weighted by atomic mass is 10.2. The van der Waals surface area contributed by atoms with E-state index in [-0.39, 0.29) is 0 Å². The molecule has 0 N–H and O–H groups in total. The summed E-state index contributed by atoms with van der Waals surface area (Å²) >= 11 is 1.61. The van der Waals surface area contributed by atoms with Crippen molar-refractivity contribution in [2.45, 2.75) is 18.6 Å². The SMILES string of the molecule is Cc1ccccc1OCCSc1nnc(-c2cccnc2)n1Cc1ccco1. The topological polar surface area (TPSA) is 66.0 Å². The molecule has 6 nitrogen and oxygen atoms in total. The highest BCUT2D eigenvalue weighted by Crippen LogP contribution is 2.25. The van der Waals surface area contributed by atoms with Crippen LogP contribution in [0, 0.1) is 6.92 Å². The van der Waals surface area contributed by atoms with Crippen molar-refractivity contribution in [3.8, 4) is 17.1 Å². The predicted octanol–water partition coefficient (Wildman–Crippen LogP) is 4.46. The Morgan fingerprint density at radius 1 is 1.07 bits per heavy atom. The number of benzene rings is 1. The summed E-state index contributed by atoms with van der Waals surface area (Å²) in [6, 6.07) is 15.7. The molecule has 0 aliphatic carbocycles. The van der Waals surface area contributed by atoms with Crippen LogP contribution in [-0.2, 0) is 6.54 Å². The largest absolute Gasteiger partial charge is 0.492 e. The van der Waals surface area contributed by atoms with Gasteiger partial charge in [0, 0.05) is 23.7 Å².